The van der Waals surface area contributed by atoms with Gasteiger partial charge in [-0.05, 0) is 23.6 Å². The number of aromatic nitrogens is 2. The Kier molecular flexibility index (Phi) is 5.30. The molecule has 0 aliphatic carbocycles. The zero-order chi connectivity index (χ0) is 15.5. The second-order valence-electron chi connectivity index (χ2n) is 6.03. The predicted octanol–water partition coefficient (Wildman–Crippen LogP) is 3.93. The highest BCUT2D eigenvalue weighted by molar-refractivity contribution is 7.98. The van der Waals surface area contributed by atoms with Crippen LogP contribution < -0.4 is 5.73 Å². The van der Waals surface area contributed by atoms with Crippen molar-refractivity contribution >= 4 is 23.4 Å². The van der Waals surface area contributed by atoms with E-state index < -0.39 is 0 Å². The van der Waals surface area contributed by atoms with Gasteiger partial charge in [0.05, 0.1) is 5.75 Å². The standard InChI is InChI=1S/C15H20ClN3OS/c1-15(2,3)12(17)8-14-18-13(19-20-14)9-21-11-6-4-5-10(16)7-11/h4-7,12H,8-9,17H2,1-3H3. The van der Waals surface area contributed by atoms with E-state index in [-0.39, 0.29) is 11.5 Å². The van der Waals surface area contributed by atoms with Crippen molar-refractivity contribution in [3.63, 3.8) is 0 Å². The van der Waals surface area contributed by atoms with Crippen LogP contribution in [-0.2, 0) is 12.2 Å². The molecule has 0 bridgehead atoms. The van der Waals surface area contributed by atoms with E-state index in [0.717, 1.165) is 9.92 Å². The molecule has 1 aromatic carbocycles. The van der Waals surface area contributed by atoms with E-state index in [1.165, 1.54) is 0 Å². The molecule has 114 valence electrons. The molecule has 1 heterocycles. The highest BCUT2D eigenvalue weighted by atomic mass is 35.5. The lowest BCUT2D eigenvalue weighted by Crippen LogP contribution is -2.36. The van der Waals surface area contributed by atoms with Crippen molar-refractivity contribution in [3.8, 4) is 0 Å². The lowest BCUT2D eigenvalue weighted by Gasteiger charge is -2.25. The van der Waals surface area contributed by atoms with Crippen molar-refractivity contribution in [2.45, 2.75) is 43.9 Å². The average molecular weight is 326 g/mol. The maximum atomic E-state index is 6.13. The third-order valence-corrected chi connectivity index (χ3v) is 4.41. The summed E-state index contributed by atoms with van der Waals surface area (Å²) in [4.78, 5) is 5.47. The molecule has 2 rings (SSSR count). The van der Waals surface area contributed by atoms with Crippen molar-refractivity contribution in [2.24, 2.45) is 11.1 Å². The minimum atomic E-state index is -0.00798. The largest absolute Gasteiger partial charge is 0.339 e. The highest BCUT2D eigenvalue weighted by Crippen LogP contribution is 2.25. The van der Waals surface area contributed by atoms with Gasteiger partial charge in [0.15, 0.2) is 5.82 Å². The van der Waals surface area contributed by atoms with Gasteiger partial charge in [0, 0.05) is 22.4 Å². The molecule has 0 radical (unpaired) electrons. The molecule has 0 amide bonds. The Hall–Kier alpha value is -1.04. The summed E-state index contributed by atoms with van der Waals surface area (Å²) in [5, 5.41) is 4.72. The highest BCUT2D eigenvalue weighted by Gasteiger charge is 2.23. The fourth-order valence-electron chi connectivity index (χ4n) is 1.63. The van der Waals surface area contributed by atoms with Crippen molar-refractivity contribution in [2.75, 3.05) is 0 Å². The Balaban J connectivity index is 1.91. The zero-order valence-electron chi connectivity index (χ0n) is 12.5. The average Bonchev–Trinajstić information content (AvgIpc) is 2.83. The van der Waals surface area contributed by atoms with Gasteiger partial charge in [0.1, 0.15) is 0 Å². The molecule has 0 fully saturated rings. The predicted molar refractivity (Wildman–Crippen MR) is 86.4 cm³/mol. The van der Waals surface area contributed by atoms with E-state index in [1.807, 2.05) is 24.3 Å². The molecule has 2 N–H and O–H groups in total. The van der Waals surface area contributed by atoms with Gasteiger partial charge in [0.25, 0.3) is 0 Å². The molecule has 0 aliphatic rings. The summed E-state index contributed by atoms with van der Waals surface area (Å²) in [5.74, 6) is 1.92. The van der Waals surface area contributed by atoms with Gasteiger partial charge < -0.3 is 10.3 Å². The molecule has 6 heteroatoms. The normalized spacial score (nSPS) is 13.4. The van der Waals surface area contributed by atoms with Crippen LogP contribution in [0, 0.1) is 5.41 Å². The zero-order valence-corrected chi connectivity index (χ0v) is 14.0. The van der Waals surface area contributed by atoms with E-state index >= 15 is 0 Å². The summed E-state index contributed by atoms with van der Waals surface area (Å²) in [5.41, 5.74) is 6.14. The second kappa shape index (κ2) is 6.81. The van der Waals surface area contributed by atoms with Gasteiger partial charge in [-0.25, -0.2) is 0 Å². The van der Waals surface area contributed by atoms with Crippen LogP contribution in [0.15, 0.2) is 33.7 Å². The summed E-state index contributed by atoms with van der Waals surface area (Å²) in [7, 11) is 0. The molecule has 1 atom stereocenters. The molecule has 21 heavy (non-hydrogen) atoms. The Morgan fingerprint density at radius 1 is 1.38 bits per heavy atom. The van der Waals surface area contributed by atoms with Crippen molar-refractivity contribution in [1.29, 1.82) is 0 Å². The Morgan fingerprint density at radius 3 is 2.81 bits per heavy atom. The van der Waals surface area contributed by atoms with Crippen LogP contribution in [0.25, 0.3) is 0 Å². The molecular formula is C15H20ClN3OS. The first-order valence-corrected chi connectivity index (χ1v) is 8.16. The lowest BCUT2D eigenvalue weighted by molar-refractivity contribution is 0.285. The van der Waals surface area contributed by atoms with Crippen molar-refractivity contribution in [3.05, 3.63) is 41.0 Å². The van der Waals surface area contributed by atoms with Crippen LogP contribution in [0.5, 0.6) is 0 Å². The first kappa shape index (κ1) is 16.3. The first-order chi connectivity index (χ1) is 9.84. The topological polar surface area (TPSA) is 64.9 Å². The maximum absolute atomic E-state index is 6.13. The smallest absolute Gasteiger partial charge is 0.228 e. The van der Waals surface area contributed by atoms with E-state index in [2.05, 4.69) is 30.9 Å². The van der Waals surface area contributed by atoms with Gasteiger partial charge in [-0.15, -0.1) is 11.8 Å². The number of halogens is 1. The van der Waals surface area contributed by atoms with Gasteiger partial charge in [-0.1, -0.05) is 43.6 Å². The van der Waals surface area contributed by atoms with E-state index in [9.17, 15) is 0 Å². The van der Waals surface area contributed by atoms with Gasteiger partial charge in [-0.3, -0.25) is 0 Å². The summed E-state index contributed by atoms with van der Waals surface area (Å²) in [6.07, 6.45) is 0.596. The molecule has 2 aromatic rings. The van der Waals surface area contributed by atoms with Crippen LogP contribution >= 0.6 is 23.4 Å². The number of nitrogens with two attached hydrogens (primary N) is 1. The summed E-state index contributed by atoms with van der Waals surface area (Å²) in [6, 6.07) is 7.70. The molecule has 0 aliphatic heterocycles. The number of hydrogen-bond acceptors (Lipinski definition) is 5. The van der Waals surface area contributed by atoms with Crippen LogP contribution in [0.2, 0.25) is 5.02 Å². The third kappa shape index (κ3) is 5.02. The van der Waals surface area contributed by atoms with Crippen LogP contribution in [0.3, 0.4) is 0 Å². The Morgan fingerprint density at radius 2 is 2.14 bits per heavy atom. The molecule has 1 unspecified atom stereocenters. The number of thioether (sulfide) groups is 1. The second-order valence-corrected chi connectivity index (χ2v) is 7.51. The maximum Gasteiger partial charge on any atom is 0.228 e. The van der Waals surface area contributed by atoms with E-state index in [4.69, 9.17) is 21.9 Å². The molecule has 0 spiro atoms. The molecular weight excluding hydrogens is 306 g/mol. The monoisotopic (exact) mass is 325 g/mol. The van der Waals surface area contributed by atoms with Crippen molar-refractivity contribution in [1.82, 2.24) is 10.1 Å². The van der Waals surface area contributed by atoms with Crippen LogP contribution in [-0.4, -0.2) is 16.2 Å². The minimum Gasteiger partial charge on any atom is -0.339 e. The van der Waals surface area contributed by atoms with Gasteiger partial charge in [-0.2, -0.15) is 4.98 Å². The Labute approximate surface area is 134 Å². The van der Waals surface area contributed by atoms with Gasteiger partial charge in [0.2, 0.25) is 5.89 Å². The third-order valence-electron chi connectivity index (χ3n) is 3.18. The van der Waals surface area contributed by atoms with Crippen molar-refractivity contribution < 1.29 is 4.52 Å². The lowest BCUT2D eigenvalue weighted by atomic mass is 9.85. The first-order valence-electron chi connectivity index (χ1n) is 6.80. The number of benzene rings is 1. The SMILES string of the molecule is CC(C)(C)C(N)Cc1nc(CSc2cccc(Cl)c2)no1. The molecule has 4 nitrogen and oxygen atoms in total. The minimum absolute atomic E-state index is 0.00798. The quantitative estimate of drug-likeness (QED) is 0.844. The van der Waals surface area contributed by atoms with Crippen LogP contribution in [0.4, 0.5) is 0 Å². The fraction of sp³-hybridized carbons (Fsp3) is 0.467. The summed E-state index contributed by atoms with van der Waals surface area (Å²) < 4.78 is 5.26. The van der Waals surface area contributed by atoms with Crippen LogP contribution in [0.1, 0.15) is 32.5 Å². The summed E-state index contributed by atoms with van der Waals surface area (Å²) >= 11 is 7.58. The number of rotatable bonds is 5. The number of hydrogen-bond donors (Lipinski definition) is 1. The van der Waals surface area contributed by atoms with Gasteiger partial charge >= 0.3 is 0 Å². The van der Waals surface area contributed by atoms with E-state index in [0.29, 0.717) is 23.9 Å². The molecule has 1 aromatic heterocycles. The molecule has 0 saturated heterocycles. The number of nitrogens with zero attached hydrogens (tertiary/aromatic N) is 2. The van der Waals surface area contributed by atoms with E-state index in [1.54, 1.807) is 11.8 Å². The Bertz CT molecular complexity index is 595. The molecule has 0 saturated carbocycles. The summed E-state index contributed by atoms with van der Waals surface area (Å²) in [6.45, 7) is 6.30. The fourth-order valence-corrected chi connectivity index (χ4v) is 2.68.